The molecule has 2 rings (SSSR count). The topological polar surface area (TPSA) is 88.8 Å². The predicted octanol–water partition coefficient (Wildman–Crippen LogP) is 6.84. The number of hydrogen-bond acceptors (Lipinski definition) is 6. The van der Waals surface area contributed by atoms with Gasteiger partial charge in [0.1, 0.15) is 10.7 Å². The first-order chi connectivity index (χ1) is 16.5. The van der Waals surface area contributed by atoms with Crippen LogP contribution in [0.25, 0.3) is 0 Å². The molecule has 0 radical (unpaired) electrons. The second-order valence-electron chi connectivity index (χ2n) is 8.66. The number of rotatable bonds is 16. The fraction of sp³-hybridized carbons (Fsp3) is 0.556. The quantitative estimate of drug-likeness (QED) is 0.188. The second-order valence-corrected chi connectivity index (χ2v) is 10.2. The molecule has 0 fully saturated rings. The van der Waals surface area contributed by atoms with E-state index in [0.29, 0.717) is 17.9 Å². The Kier molecular flexibility index (Phi) is 12.5. The van der Waals surface area contributed by atoms with Crippen molar-refractivity contribution in [3.05, 3.63) is 53.8 Å². The lowest BCUT2D eigenvalue weighted by Crippen LogP contribution is -2.16. The molecule has 0 aromatic heterocycles. The molecular formula is C27H38N2O4S. The standard InChI is InChI=1S/C27H38N2O4S/c1-3-4-5-6-7-8-9-10-11-12-15-24-16-13-14-17-27(24)34(30,31)33-29-26-22-25(32-2)19-18-23(26)20-21-28/h13-14,16-19,22-23H,3-12,15,20H2,1-2H3. The zero-order valence-corrected chi connectivity index (χ0v) is 21.4. The van der Waals surface area contributed by atoms with E-state index in [4.69, 9.17) is 14.3 Å². The first-order valence-corrected chi connectivity index (χ1v) is 13.8. The van der Waals surface area contributed by atoms with Crippen LogP contribution in [0.1, 0.15) is 83.1 Å². The summed E-state index contributed by atoms with van der Waals surface area (Å²) in [5.74, 6) is 0.177. The van der Waals surface area contributed by atoms with E-state index in [1.807, 2.05) is 12.1 Å². The molecule has 1 aromatic rings. The maximum atomic E-state index is 12.9. The van der Waals surface area contributed by atoms with Gasteiger partial charge in [0.05, 0.1) is 18.9 Å². The average Bonchev–Trinajstić information content (AvgIpc) is 2.85. The van der Waals surface area contributed by atoms with Crippen molar-refractivity contribution in [2.24, 2.45) is 11.1 Å². The molecule has 0 spiro atoms. The van der Waals surface area contributed by atoms with E-state index in [-0.39, 0.29) is 17.2 Å². The van der Waals surface area contributed by atoms with Crippen LogP contribution in [0.15, 0.2) is 58.3 Å². The predicted molar refractivity (Wildman–Crippen MR) is 136 cm³/mol. The van der Waals surface area contributed by atoms with Crippen LogP contribution in [-0.4, -0.2) is 21.2 Å². The minimum Gasteiger partial charge on any atom is -0.497 e. The van der Waals surface area contributed by atoms with E-state index < -0.39 is 10.1 Å². The zero-order valence-electron chi connectivity index (χ0n) is 20.5. The van der Waals surface area contributed by atoms with Crippen molar-refractivity contribution in [1.29, 1.82) is 5.26 Å². The summed E-state index contributed by atoms with van der Waals surface area (Å²) in [6.45, 7) is 2.23. The molecule has 1 aromatic carbocycles. The van der Waals surface area contributed by atoms with Crippen molar-refractivity contribution in [3.8, 4) is 6.07 Å². The van der Waals surface area contributed by atoms with Gasteiger partial charge in [-0.25, -0.2) is 0 Å². The third kappa shape index (κ3) is 9.34. The minimum absolute atomic E-state index is 0.148. The van der Waals surface area contributed by atoms with Gasteiger partial charge in [-0.1, -0.05) is 94.1 Å². The number of aryl methyl sites for hydroxylation is 1. The number of allylic oxidation sites excluding steroid dienone is 3. The third-order valence-electron chi connectivity index (χ3n) is 5.99. The number of benzene rings is 1. The molecule has 0 saturated heterocycles. The van der Waals surface area contributed by atoms with Crippen LogP contribution < -0.4 is 0 Å². The van der Waals surface area contributed by atoms with E-state index in [1.54, 1.807) is 30.4 Å². The van der Waals surface area contributed by atoms with E-state index in [2.05, 4.69) is 18.1 Å². The zero-order chi connectivity index (χ0) is 24.7. The molecule has 1 aliphatic carbocycles. The van der Waals surface area contributed by atoms with Crippen LogP contribution in [0, 0.1) is 17.2 Å². The van der Waals surface area contributed by atoms with Crippen molar-refractivity contribution in [3.63, 3.8) is 0 Å². The van der Waals surface area contributed by atoms with Gasteiger partial charge in [-0.05, 0) is 30.5 Å². The molecule has 186 valence electrons. The molecule has 6 nitrogen and oxygen atoms in total. The van der Waals surface area contributed by atoms with Gasteiger partial charge in [0.25, 0.3) is 0 Å². The fourth-order valence-electron chi connectivity index (χ4n) is 3.99. The van der Waals surface area contributed by atoms with Gasteiger partial charge in [-0.2, -0.15) is 13.7 Å². The van der Waals surface area contributed by atoms with Crippen LogP contribution in [-0.2, 0) is 25.6 Å². The maximum absolute atomic E-state index is 12.9. The highest BCUT2D eigenvalue weighted by Gasteiger charge is 2.22. The summed E-state index contributed by atoms with van der Waals surface area (Å²) >= 11 is 0. The van der Waals surface area contributed by atoms with Gasteiger partial charge >= 0.3 is 10.1 Å². The van der Waals surface area contributed by atoms with Crippen molar-refractivity contribution in [2.75, 3.05) is 7.11 Å². The largest absolute Gasteiger partial charge is 0.497 e. The monoisotopic (exact) mass is 486 g/mol. The number of hydrogen-bond donors (Lipinski definition) is 0. The molecule has 0 bridgehead atoms. The lowest BCUT2D eigenvalue weighted by molar-refractivity contribution is 0.304. The number of nitriles is 1. The van der Waals surface area contributed by atoms with Gasteiger partial charge in [-0.15, -0.1) is 0 Å². The van der Waals surface area contributed by atoms with Crippen LogP contribution in [0.2, 0.25) is 0 Å². The van der Waals surface area contributed by atoms with Crippen LogP contribution in [0.5, 0.6) is 0 Å². The number of methoxy groups -OCH3 is 1. The lowest BCUT2D eigenvalue weighted by atomic mass is 9.95. The Bertz CT molecular complexity index is 990. The van der Waals surface area contributed by atoms with E-state index in [0.717, 1.165) is 18.4 Å². The summed E-state index contributed by atoms with van der Waals surface area (Å²) in [6, 6.07) is 9.02. The lowest BCUT2D eigenvalue weighted by Gasteiger charge is -2.15. The molecule has 0 saturated carbocycles. The van der Waals surface area contributed by atoms with E-state index in [1.165, 1.54) is 58.5 Å². The molecule has 0 N–H and O–H groups in total. The highest BCUT2D eigenvalue weighted by atomic mass is 32.2. The van der Waals surface area contributed by atoms with Crippen molar-refractivity contribution in [1.82, 2.24) is 0 Å². The summed E-state index contributed by atoms with van der Waals surface area (Å²) in [4.78, 5) is 0.148. The molecule has 7 heteroatoms. The van der Waals surface area contributed by atoms with E-state index in [9.17, 15) is 8.42 Å². The normalized spacial score (nSPS) is 16.8. The molecule has 1 atom stereocenters. The van der Waals surface area contributed by atoms with E-state index >= 15 is 0 Å². The van der Waals surface area contributed by atoms with Gasteiger partial charge in [-0.3, -0.25) is 4.28 Å². The molecular weight excluding hydrogens is 448 g/mol. The Morgan fingerprint density at radius 3 is 2.29 bits per heavy atom. The molecule has 1 aliphatic rings. The molecule has 0 amide bonds. The maximum Gasteiger partial charge on any atom is 0.358 e. The number of oxime groups is 1. The summed E-state index contributed by atoms with van der Waals surface area (Å²) < 4.78 is 36.1. The van der Waals surface area contributed by atoms with Gasteiger partial charge in [0, 0.05) is 18.4 Å². The minimum atomic E-state index is -4.08. The second kappa shape index (κ2) is 15.3. The highest BCUT2D eigenvalue weighted by molar-refractivity contribution is 7.86. The van der Waals surface area contributed by atoms with Crippen LogP contribution in [0.3, 0.4) is 0 Å². The Labute approximate surface area is 205 Å². The number of nitrogens with zero attached hydrogens (tertiary/aromatic N) is 2. The Morgan fingerprint density at radius 2 is 1.65 bits per heavy atom. The van der Waals surface area contributed by atoms with Crippen LogP contribution >= 0.6 is 0 Å². The summed E-state index contributed by atoms with van der Waals surface area (Å²) in [6.07, 6.45) is 18.2. The highest BCUT2D eigenvalue weighted by Crippen LogP contribution is 2.23. The van der Waals surface area contributed by atoms with Crippen molar-refractivity contribution in [2.45, 2.75) is 88.9 Å². The SMILES string of the molecule is CCCCCCCCCCCCc1ccccc1S(=O)(=O)ON=C1C=C(OC)C=CC1CC#N. The molecule has 34 heavy (non-hydrogen) atoms. The van der Waals surface area contributed by atoms with Gasteiger partial charge in [0.15, 0.2) is 0 Å². The summed E-state index contributed by atoms with van der Waals surface area (Å²) in [5, 5.41) is 12.9. The van der Waals surface area contributed by atoms with Crippen molar-refractivity contribution < 1.29 is 17.4 Å². The van der Waals surface area contributed by atoms with Crippen LogP contribution in [0.4, 0.5) is 0 Å². The van der Waals surface area contributed by atoms with Crippen molar-refractivity contribution >= 4 is 15.8 Å². The molecule has 1 unspecified atom stereocenters. The number of ether oxygens (including phenoxy) is 1. The smallest absolute Gasteiger partial charge is 0.358 e. The van der Waals surface area contributed by atoms with Gasteiger partial charge < -0.3 is 4.74 Å². The first kappa shape index (κ1) is 27.7. The molecule has 0 aliphatic heterocycles. The summed E-state index contributed by atoms with van der Waals surface area (Å²) in [5.41, 5.74) is 1.09. The Hall–Kier alpha value is -2.59. The average molecular weight is 487 g/mol. The number of unbranched alkanes of at least 4 members (excludes halogenated alkanes) is 9. The van der Waals surface area contributed by atoms with Gasteiger partial charge in [0.2, 0.25) is 0 Å². The summed E-state index contributed by atoms with van der Waals surface area (Å²) in [7, 11) is -2.57. The fourth-order valence-corrected chi connectivity index (χ4v) is 4.99. The Balaban J connectivity index is 1.92. The molecule has 0 heterocycles. The third-order valence-corrected chi connectivity index (χ3v) is 7.20. The first-order valence-electron chi connectivity index (χ1n) is 12.4. The Morgan fingerprint density at radius 1 is 1.00 bits per heavy atom.